The van der Waals surface area contributed by atoms with Crippen LogP contribution in [0, 0.1) is 0 Å². The summed E-state index contributed by atoms with van der Waals surface area (Å²) in [7, 11) is 3.31. The van der Waals surface area contributed by atoms with E-state index < -0.39 is 0 Å². The smallest absolute Gasteiger partial charge is 0.251 e. The lowest BCUT2D eigenvalue weighted by Gasteiger charge is -2.38. The molecule has 4 nitrogen and oxygen atoms in total. The van der Waals surface area contributed by atoms with E-state index in [1.54, 1.807) is 14.2 Å². The fourth-order valence-corrected chi connectivity index (χ4v) is 3.90. The van der Waals surface area contributed by atoms with Crippen LogP contribution >= 0.6 is 0 Å². The third-order valence-electron chi connectivity index (χ3n) is 5.43. The number of hydrogen-bond acceptors (Lipinski definition) is 3. The topological polar surface area (TPSA) is 47.6 Å². The van der Waals surface area contributed by atoms with Gasteiger partial charge in [-0.15, -0.1) is 0 Å². The summed E-state index contributed by atoms with van der Waals surface area (Å²) in [5.41, 5.74) is 1.86. The highest BCUT2D eigenvalue weighted by molar-refractivity contribution is 5.94. The molecule has 0 unspecified atom stereocenters. The molecule has 1 amide bonds. The van der Waals surface area contributed by atoms with Gasteiger partial charge in [-0.2, -0.15) is 0 Å². The molecule has 26 heavy (non-hydrogen) atoms. The molecule has 1 aliphatic rings. The van der Waals surface area contributed by atoms with E-state index in [4.69, 9.17) is 9.47 Å². The Morgan fingerprint density at radius 1 is 0.962 bits per heavy atom. The lowest BCUT2D eigenvalue weighted by atomic mass is 9.69. The van der Waals surface area contributed by atoms with Gasteiger partial charge in [0, 0.05) is 17.5 Å². The van der Waals surface area contributed by atoms with Gasteiger partial charge in [-0.05, 0) is 42.7 Å². The Labute approximate surface area is 155 Å². The number of rotatable bonds is 6. The summed E-state index contributed by atoms with van der Waals surface area (Å²) in [4.78, 5) is 12.5. The zero-order valence-corrected chi connectivity index (χ0v) is 15.6. The summed E-state index contributed by atoms with van der Waals surface area (Å²) in [5, 5.41) is 3.16. The van der Waals surface area contributed by atoms with Gasteiger partial charge >= 0.3 is 0 Å². The summed E-state index contributed by atoms with van der Waals surface area (Å²) >= 11 is 0. The van der Waals surface area contributed by atoms with Crippen molar-refractivity contribution in [1.29, 1.82) is 0 Å². The van der Waals surface area contributed by atoms with E-state index in [-0.39, 0.29) is 11.3 Å². The van der Waals surface area contributed by atoms with E-state index in [1.165, 1.54) is 24.8 Å². The summed E-state index contributed by atoms with van der Waals surface area (Å²) in [5.74, 6) is 1.45. The minimum Gasteiger partial charge on any atom is -0.493 e. The van der Waals surface area contributed by atoms with E-state index in [2.05, 4.69) is 17.4 Å². The second-order valence-electron chi connectivity index (χ2n) is 6.96. The summed E-state index contributed by atoms with van der Waals surface area (Å²) in [6.45, 7) is 0.635. The number of amides is 1. The lowest BCUT2D eigenvalue weighted by molar-refractivity contribution is 0.0936. The first kappa shape index (κ1) is 18.3. The average Bonchev–Trinajstić information content (AvgIpc) is 2.72. The second kappa shape index (κ2) is 8.26. The first-order chi connectivity index (χ1) is 12.7. The van der Waals surface area contributed by atoms with E-state index >= 15 is 0 Å². The molecular weight excluding hydrogens is 326 g/mol. The fourth-order valence-electron chi connectivity index (χ4n) is 3.90. The molecule has 0 spiro atoms. The highest BCUT2D eigenvalue weighted by Crippen LogP contribution is 2.42. The van der Waals surface area contributed by atoms with Gasteiger partial charge in [0.2, 0.25) is 0 Å². The van der Waals surface area contributed by atoms with Crippen LogP contribution in [0.2, 0.25) is 0 Å². The predicted molar refractivity (Wildman–Crippen MR) is 103 cm³/mol. The molecule has 0 saturated heterocycles. The molecule has 2 aromatic carbocycles. The van der Waals surface area contributed by atoms with Crippen LogP contribution in [0.15, 0.2) is 48.5 Å². The zero-order chi connectivity index (χ0) is 18.4. The minimum atomic E-state index is -0.0533. The van der Waals surface area contributed by atoms with Gasteiger partial charge in [-0.3, -0.25) is 4.79 Å². The van der Waals surface area contributed by atoms with Crippen molar-refractivity contribution >= 4 is 5.91 Å². The Morgan fingerprint density at radius 3 is 2.31 bits per heavy atom. The normalized spacial score (nSPS) is 15.9. The van der Waals surface area contributed by atoms with Crippen molar-refractivity contribution in [3.8, 4) is 11.5 Å². The maximum Gasteiger partial charge on any atom is 0.251 e. The number of nitrogens with one attached hydrogen (secondary N) is 1. The van der Waals surface area contributed by atoms with Gasteiger partial charge in [0.15, 0.2) is 11.5 Å². The summed E-state index contributed by atoms with van der Waals surface area (Å²) in [6, 6.07) is 15.5. The molecule has 3 rings (SSSR count). The highest BCUT2D eigenvalue weighted by atomic mass is 16.5. The third kappa shape index (κ3) is 3.85. The molecule has 1 saturated carbocycles. The monoisotopic (exact) mass is 353 g/mol. The molecule has 1 fully saturated rings. The zero-order valence-electron chi connectivity index (χ0n) is 15.6. The number of ether oxygens (including phenoxy) is 2. The van der Waals surface area contributed by atoms with Crippen molar-refractivity contribution in [1.82, 2.24) is 5.32 Å². The summed E-state index contributed by atoms with van der Waals surface area (Å²) in [6.07, 6.45) is 5.74. The van der Waals surface area contributed by atoms with E-state index in [0.717, 1.165) is 24.3 Å². The van der Waals surface area contributed by atoms with Crippen LogP contribution in [-0.2, 0) is 5.41 Å². The van der Waals surface area contributed by atoms with Crippen LogP contribution in [0.25, 0.3) is 0 Å². The molecule has 138 valence electrons. The first-order valence-corrected chi connectivity index (χ1v) is 9.24. The van der Waals surface area contributed by atoms with Crippen LogP contribution in [0.4, 0.5) is 0 Å². The van der Waals surface area contributed by atoms with Crippen LogP contribution in [0.5, 0.6) is 11.5 Å². The fraction of sp³-hybridized carbons (Fsp3) is 0.409. The Morgan fingerprint density at radius 2 is 1.65 bits per heavy atom. The SMILES string of the molecule is COc1ccc(C2(CNC(=O)c3ccccc3)CCCCC2)cc1OC. The Bertz CT molecular complexity index is 736. The maximum absolute atomic E-state index is 12.5. The standard InChI is InChI=1S/C22H27NO3/c1-25-19-12-11-18(15-20(19)26-2)22(13-7-4-8-14-22)16-23-21(24)17-9-5-3-6-10-17/h3,5-6,9-12,15H,4,7-8,13-14,16H2,1-2H3,(H,23,24). The quantitative estimate of drug-likeness (QED) is 0.840. The molecule has 0 heterocycles. The van der Waals surface area contributed by atoms with Gasteiger partial charge in [-0.1, -0.05) is 43.5 Å². The Balaban J connectivity index is 1.84. The molecule has 4 heteroatoms. The van der Waals surface area contributed by atoms with Crippen LogP contribution in [-0.4, -0.2) is 26.7 Å². The number of benzene rings is 2. The molecule has 0 radical (unpaired) electrons. The number of carbonyl (C=O) groups excluding carboxylic acids is 1. The molecule has 0 aromatic heterocycles. The molecule has 0 atom stereocenters. The van der Waals surface area contributed by atoms with Crippen molar-refractivity contribution < 1.29 is 14.3 Å². The van der Waals surface area contributed by atoms with E-state index in [0.29, 0.717) is 12.1 Å². The Kier molecular flexibility index (Phi) is 5.82. The highest BCUT2D eigenvalue weighted by Gasteiger charge is 2.35. The lowest BCUT2D eigenvalue weighted by Crippen LogP contribution is -2.42. The summed E-state index contributed by atoms with van der Waals surface area (Å²) < 4.78 is 10.9. The maximum atomic E-state index is 12.5. The van der Waals surface area contributed by atoms with Gasteiger partial charge < -0.3 is 14.8 Å². The molecule has 2 aromatic rings. The predicted octanol–water partition coefficient (Wildman–Crippen LogP) is 4.34. The van der Waals surface area contributed by atoms with Crippen LogP contribution in [0.3, 0.4) is 0 Å². The van der Waals surface area contributed by atoms with Gasteiger partial charge in [-0.25, -0.2) is 0 Å². The van der Waals surface area contributed by atoms with Gasteiger partial charge in [0.25, 0.3) is 5.91 Å². The molecule has 1 N–H and O–H groups in total. The number of carbonyl (C=O) groups is 1. The second-order valence-corrected chi connectivity index (χ2v) is 6.96. The number of hydrogen-bond donors (Lipinski definition) is 1. The van der Waals surface area contributed by atoms with Crippen molar-refractivity contribution in [2.24, 2.45) is 0 Å². The number of methoxy groups -OCH3 is 2. The average molecular weight is 353 g/mol. The molecule has 0 aliphatic heterocycles. The molecule has 1 aliphatic carbocycles. The van der Waals surface area contributed by atoms with E-state index in [1.807, 2.05) is 36.4 Å². The first-order valence-electron chi connectivity index (χ1n) is 9.24. The Hall–Kier alpha value is -2.49. The van der Waals surface area contributed by atoms with Crippen molar-refractivity contribution in [2.75, 3.05) is 20.8 Å². The molecule has 0 bridgehead atoms. The van der Waals surface area contributed by atoms with Gasteiger partial charge in [0.1, 0.15) is 0 Å². The van der Waals surface area contributed by atoms with Crippen LogP contribution < -0.4 is 14.8 Å². The third-order valence-corrected chi connectivity index (χ3v) is 5.43. The van der Waals surface area contributed by atoms with E-state index in [9.17, 15) is 4.79 Å². The largest absolute Gasteiger partial charge is 0.493 e. The van der Waals surface area contributed by atoms with Crippen LogP contribution in [0.1, 0.15) is 48.0 Å². The van der Waals surface area contributed by atoms with Crippen molar-refractivity contribution in [2.45, 2.75) is 37.5 Å². The van der Waals surface area contributed by atoms with Crippen molar-refractivity contribution in [3.63, 3.8) is 0 Å². The van der Waals surface area contributed by atoms with Crippen molar-refractivity contribution in [3.05, 3.63) is 59.7 Å². The van der Waals surface area contributed by atoms with Gasteiger partial charge in [0.05, 0.1) is 14.2 Å². The molecular formula is C22H27NO3. The minimum absolute atomic E-state index is 0.0176.